The SMILES string of the molecule is COc1cc2c3c(c1OC)CCC3N(CCC(N)=O)CC2. The predicted molar refractivity (Wildman–Crippen MR) is 79.7 cm³/mol. The predicted octanol–water partition coefficient (Wildman–Crippen LogP) is 1.42. The largest absolute Gasteiger partial charge is 0.493 e. The van der Waals surface area contributed by atoms with Gasteiger partial charge in [-0.25, -0.2) is 0 Å². The highest BCUT2D eigenvalue weighted by molar-refractivity contribution is 5.73. The number of nitrogens with zero attached hydrogens (tertiary/aromatic N) is 1. The summed E-state index contributed by atoms with van der Waals surface area (Å²) >= 11 is 0. The highest BCUT2D eigenvalue weighted by Crippen LogP contribution is 2.48. The molecule has 0 bridgehead atoms. The van der Waals surface area contributed by atoms with Gasteiger partial charge >= 0.3 is 0 Å². The van der Waals surface area contributed by atoms with Gasteiger partial charge in [0, 0.05) is 31.1 Å². The molecule has 1 heterocycles. The molecular formula is C16H22N2O3. The van der Waals surface area contributed by atoms with Crippen LogP contribution in [0.2, 0.25) is 0 Å². The Kier molecular flexibility index (Phi) is 3.76. The summed E-state index contributed by atoms with van der Waals surface area (Å²) in [6.07, 6.45) is 3.48. The monoisotopic (exact) mass is 290 g/mol. The van der Waals surface area contributed by atoms with Gasteiger partial charge in [0.2, 0.25) is 5.91 Å². The number of hydrogen-bond acceptors (Lipinski definition) is 4. The highest BCUT2D eigenvalue weighted by atomic mass is 16.5. The number of ether oxygens (including phenoxy) is 2. The maximum atomic E-state index is 11.0. The van der Waals surface area contributed by atoms with E-state index in [1.54, 1.807) is 14.2 Å². The van der Waals surface area contributed by atoms with Crippen LogP contribution in [0.3, 0.4) is 0 Å². The smallest absolute Gasteiger partial charge is 0.218 e. The van der Waals surface area contributed by atoms with Crippen molar-refractivity contribution in [3.05, 3.63) is 22.8 Å². The molecule has 2 N–H and O–H groups in total. The number of rotatable bonds is 5. The molecule has 0 saturated carbocycles. The lowest BCUT2D eigenvalue weighted by molar-refractivity contribution is -0.118. The average Bonchev–Trinajstić information content (AvgIpc) is 2.92. The Morgan fingerprint density at radius 1 is 1.38 bits per heavy atom. The van der Waals surface area contributed by atoms with E-state index < -0.39 is 0 Å². The van der Waals surface area contributed by atoms with E-state index >= 15 is 0 Å². The molecule has 1 atom stereocenters. The molecule has 1 aliphatic heterocycles. The zero-order chi connectivity index (χ0) is 15.0. The molecule has 1 amide bonds. The van der Waals surface area contributed by atoms with E-state index in [2.05, 4.69) is 11.0 Å². The third kappa shape index (κ3) is 2.35. The molecule has 5 heteroatoms. The molecule has 0 saturated heterocycles. The fourth-order valence-corrected chi connectivity index (χ4v) is 3.74. The first kappa shape index (κ1) is 14.2. The molecule has 0 spiro atoms. The molecular weight excluding hydrogens is 268 g/mol. The van der Waals surface area contributed by atoms with Crippen molar-refractivity contribution in [1.82, 2.24) is 4.90 Å². The quantitative estimate of drug-likeness (QED) is 0.891. The van der Waals surface area contributed by atoms with Crippen LogP contribution >= 0.6 is 0 Å². The first-order chi connectivity index (χ1) is 10.2. The van der Waals surface area contributed by atoms with Crippen LogP contribution in [0.4, 0.5) is 0 Å². The van der Waals surface area contributed by atoms with E-state index in [-0.39, 0.29) is 5.91 Å². The summed E-state index contributed by atoms with van der Waals surface area (Å²) in [6.45, 7) is 1.72. The number of nitrogens with two attached hydrogens (primary N) is 1. The van der Waals surface area contributed by atoms with Crippen LogP contribution in [0.25, 0.3) is 0 Å². The van der Waals surface area contributed by atoms with Gasteiger partial charge in [-0.05, 0) is 36.5 Å². The van der Waals surface area contributed by atoms with Gasteiger partial charge < -0.3 is 15.2 Å². The minimum atomic E-state index is -0.230. The number of carbonyl (C=O) groups is 1. The van der Waals surface area contributed by atoms with Crippen LogP contribution in [0, 0.1) is 0 Å². The Morgan fingerprint density at radius 3 is 2.86 bits per heavy atom. The lowest BCUT2D eigenvalue weighted by atomic mass is 9.92. The molecule has 3 rings (SSSR count). The summed E-state index contributed by atoms with van der Waals surface area (Å²) in [4.78, 5) is 13.4. The van der Waals surface area contributed by atoms with Crippen LogP contribution < -0.4 is 15.2 Å². The number of primary amides is 1. The van der Waals surface area contributed by atoms with Crippen LogP contribution in [-0.4, -0.2) is 38.1 Å². The Hall–Kier alpha value is -1.75. The van der Waals surface area contributed by atoms with Crippen molar-refractivity contribution in [2.45, 2.75) is 31.7 Å². The van der Waals surface area contributed by atoms with Crippen molar-refractivity contribution in [3.8, 4) is 11.5 Å². The summed E-state index contributed by atoms with van der Waals surface area (Å²) in [7, 11) is 3.38. The molecule has 0 fully saturated rings. The van der Waals surface area contributed by atoms with Crippen LogP contribution in [0.15, 0.2) is 6.07 Å². The van der Waals surface area contributed by atoms with E-state index in [0.717, 1.165) is 43.9 Å². The van der Waals surface area contributed by atoms with E-state index in [1.165, 1.54) is 16.7 Å². The number of hydrogen-bond donors (Lipinski definition) is 1. The average molecular weight is 290 g/mol. The van der Waals surface area contributed by atoms with Crippen molar-refractivity contribution in [3.63, 3.8) is 0 Å². The topological polar surface area (TPSA) is 64.8 Å². The number of methoxy groups -OCH3 is 2. The third-order valence-corrected chi connectivity index (χ3v) is 4.65. The fraction of sp³-hybridized carbons (Fsp3) is 0.562. The summed E-state index contributed by atoms with van der Waals surface area (Å²) in [5.74, 6) is 1.47. The molecule has 5 nitrogen and oxygen atoms in total. The van der Waals surface area contributed by atoms with E-state index in [9.17, 15) is 4.79 Å². The first-order valence-electron chi connectivity index (χ1n) is 7.44. The zero-order valence-corrected chi connectivity index (χ0v) is 12.6. The molecule has 1 aromatic rings. The Labute approximate surface area is 125 Å². The highest BCUT2D eigenvalue weighted by Gasteiger charge is 2.36. The van der Waals surface area contributed by atoms with Gasteiger partial charge in [0.1, 0.15) is 0 Å². The zero-order valence-electron chi connectivity index (χ0n) is 12.6. The van der Waals surface area contributed by atoms with Gasteiger partial charge in [-0.15, -0.1) is 0 Å². The minimum Gasteiger partial charge on any atom is -0.493 e. The number of amides is 1. The molecule has 1 aromatic carbocycles. The van der Waals surface area contributed by atoms with Gasteiger partial charge in [0.25, 0.3) is 0 Å². The maximum absolute atomic E-state index is 11.0. The maximum Gasteiger partial charge on any atom is 0.218 e. The van der Waals surface area contributed by atoms with Crippen LogP contribution in [0.1, 0.15) is 35.6 Å². The van der Waals surface area contributed by atoms with E-state index in [4.69, 9.17) is 15.2 Å². The van der Waals surface area contributed by atoms with Crippen molar-refractivity contribution >= 4 is 5.91 Å². The molecule has 0 radical (unpaired) electrons. The van der Waals surface area contributed by atoms with Crippen LogP contribution in [-0.2, 0) is 17.6 Å². The van der Waals surface area contributed by atoms with E-state index in [1.807, 2.05) is 0 Å². The lowest BCUT2D eigenvalue weighted by Gasteiger charge is -2.35. The van der Waals surface area contributed by atoms with Crippen molar-refractivity contribution < 1.29 is 14.3 Å². The second-order valence-corrected chi connectivity index (χ2v) is 5.72. The number of benzene rings is 1. The van der Waals surface area contributed by atoms with Crippen LogP contribution in [0.5, 0.6) is 11.5 Å². The summed E-state index contributed by atoms with van der Waals surface area (Å²) in [6, 6.07) is 2.50. The second-order valence-electron chi connectivity index (χ2n) is 5.72. The first-order valence-corrected chi connectivity index (χ1v) is 7.44. The Morgan fingerprint density at radius 2 is 2.19 bits per heavy atom. The number of carbonyl (C=O) groups excluding carboxylic acids is 1. The molecule has 2 aliphatic rings. The second kappa shape index (κ2) is 5.56. The minimum absolute atomic E-state index is 0.230. The van der Waals surface area contributed by atoms with Gasteiger partial charge in [0.15, 0.2) is 11.5 Å². The normalized spacial score (nSPS) is 20.2. The summed E-state index contributed by atoms with van der Waals surface area (Å²) in [5.41, 5.74) is 9.32. The van der Waals surface area contributed by atoms with E-state index in [0.29, 0.717) is 12.5 Å². The lowest BCUT2D eigenvalue weighted by Crippen LogP contribution is -2.36. The Balaban J connectivity index is 1.95. The van der Waals surface area contributed by atoms with Crippen molar-refractivity contribution in [2.24, 2.45) is 5.73 Å². The van der Waals surface area contributed by atoms with Crippen molar-refractivity contribution in [1.29, 1.82) is 0 Å². The third-order valence-electron chi connectivity index (χ3n) is 4.65. The van der Waals surface area contributed by atoms with Crippen molar-refractivity contribution in [2.75, 3.05) is 27.3 Å². The van der Waals surface area contributed by atoms with Gasteiger partial charge in [-0.2, -0.15) is 0 Å². The molecule has 21 heavy (non-hydrogen) atoms. The van der Waals surface area contributed by atoms with Gasteiger partial charge in [-0.1, -0.05) is 0 Å². The Bertz CT molecular complexity index is 571. The summed E-state index contributed by atoms with van der Waals surface area (Å²) < 4.78 is 11.0. The molecule has 114 valence electrons. The molecule has 1 aliphatic carbocycles. The summed E-state index contributed by atoms with van der Waals surface area (Å²) in [5, 5.41) is 0. The molecule has 1 unspecified atom stereocenters. The van der Waals surface area contributed by atoms with Gasteiger partial charge in [-0.3, -0.25) is 9.69 Å². The standard InChI is InChI=1S/C16H22N2O3/c1-20-13-9-10-5-7-18(8-6-14(17)19)12-4-3-11(15(10)12)16(13)21-2/h9,12H,3-8H2,1-2H3,(H2,17,19). The molecule has 0 aromatic heterocycles. The fourth-order valence-electron chi connectivity index (χ4n) is 3.74. The van der Waals surface area contributed by atoms with Gasteiger partial charge in [0.05, 0.1) is 14.2 Å².